The maximum Gasteiger partial charge on any atom is 0.255 e. The maximum atomic E-state index is 12.8. The van der Waals surface area contributed by atoms with Crippen molar-refractivity contribution in [2.75, 3.05) is 6.26 Å². The molecule has 2 atom stereocenters. The predicted molar refractivity (Wildman–Crippen MR) is 88.7 cm³/mol. The Bertz CT molecular complexity index is 525. The highest BCUT2D eigenvalue weighted by Crippen LogP contribution is 2.41. The quantitative estimate of drug-likeness (QED) is 0.754. The minimum Gasteiger partial charge on any atom is -0.333 e. The van der Waals surface area contributed by atoms with Crippen LogP contribution in [-0.4, -0.2) is 34.4 Å². The summed E-state index contributed by atoms with van der Waals surface area (Å²) in [5.74, 6) is 0.100. The monoisotopic (exact) mass is 373 g/mol. The van der Waals surface area contributed by atoms with E-state index in [-0.39, 0.29) is 5.91 Å². The third-order valence-electron chi connectivity index (χ3n) is 4.42. The molecular weight excluding hydrogens is 358 g/mol. The normalized spacial score (nSPS) is 28.8. The first-order valence-corrected chi connectivity index (χ1v) is 9.36. The van der Waals surface area contributed by atoms with Crippen molar-refractivity contribution >= 4 is 45.2 Å². The van der Waals surface area contributed by atoms with Crippen LogP contribution < -0.4 is 0 Å². The van der Waals surface area contributed by atoms with Gasteiger partial charge in [0, 0.05) is 21.8 Å². The van der Waals surface area contributed by atoms with Gasteiger partial charge in [0.15, 0.2) is 0 Å². The van der Waals surface area contributed by atoms with Crippen molar-refractivity contribution in [3.05, 3.63) is 33.3 Å². The molecule has 1 amide bonds. The lowest BCUT2D eigenvalue weighted by atomic mass is 10.0. The number of fused-ring (bicyclic) bond motifs is 2. The number of amides is 1. The molecule has 0 saturated carbocycles. The topological polar surface area (TPSA) is 20.3 Å². The number of rotatable bonds is 2. The molecule has 0 N–H and O–H groups in total. The van der Waals surface area contributed by atoms with Gasteiger partial charge in [-0.25, -0.2) is 0 Å². The van der Waals surface area contributed by atoms with Crippen molar-refractivity contribution in [1.29, 1.82) is 0 Å². The van der Waals surface area contributed by atoms with E-state index in [0.717, 1.165) is 30.2 Å². The molecule has 2 fully saturated rings. The second-order valence-electron chi connectivity index (χ2n) is 5.55. The molecule has 108 valence electrons. The van der Waals surface area contributed by atoms with Gasteiger partial charge in [0.25, 0.3) is 5.91 Å². The third-order valence-corrected chi connectivity index (χ3v) is 6.29. The molecule has 2 unspecified atom stereocenters. The molecule has 2 aliphatic rings. The first kappa shape index (κ1) is 14.7. The van der Waals surface area contributed by atoms with E-state index in [2.05, 4.69) is 27.1 Å². The third kappa shape index (κ3) is 2.62. The van der Waals surface area contributed by atoms with E-state index in [1.807, 2.05) is 23.9 Å². The Labute approximate surface area is 137 Å². The molecule has 1 aromatic carbocycles. The number of hydrogen-bond acceptors (Lipinski definition) is 2. The average Bonchev–Trinajstić information content (AvgIpc) is 2.71. The van der Waals surface area contributed by atoms with Crippen LogP contribution in [0.2, 0.25) is 5.02 Å². The number of piperidine rings is 1. The number of carbonyl (C=O) groups excluding carboxylic acids is 1. The molecule has 2 bridgehead atoms. The average molecular weight is 375 g/mol. The number of thioether (sulfide) groups is 1. The highest BCUT2D eigenvalue weighted by Gasteiger charge is 2.43. The summed E-state index contributed by atoms with van der Waals surface area (Å²) in [4.78, 5) is 14.9. The Kier molecular flexibility index (Phi) is 4.34. The Morgan fingerprint density at radius 2 is 2.00 bits per heavy atom. The summed E-state index contributed by atoms with van der Waals surface area (Å²) in [5, 5.41) is 1.25. The summed E-state index contributed by atoms with van der Waals surface area (Å²) < 4.78 is 0.900. The van der Waals surface area contributed by atoms with E-state index in [9.17, 15) is 4.79 Å². The lowest BCUT2D eigenvalue weighted by Crippen LogP contribution is -2.47. The molecule has 2 heterocycles. The number of carbonyl (C=O) groups is 1. The van der Waals surface area contributed by atoms with E-state index >= 15 is 0 Å². The van der Waals surface area contributed by atoms with E-state index in [1.54, 1.807) is 6.07 Å². The van der Waals surface area contributed by atoms with Crippen LogP contribution in [0.4, 0.5) is 0 Å². The van der Waals surface area contributed by atoms with Crippen LogP contribution in [0.3, 0.4) is 0 Å². The van der Waals surface area contributed by atoms with Gasteiger partial charge in [-0.2, -0.15) is 11.8 Å². The highest BCUT2D eigenvalue weighted by atomic mass is 79.9. The predicted octanol–water partition coefficient (Wildman–Crippen LogP) is 4.60. The van der Waals surface area contributed by atoms with Gasteiger partial charge in [-0.3, -0.25) is 4.79 Å². The van der Waals surface area contributed by atoms with Gasteiger partial charge in [-0.15, -0.1) is 0 Å². The van der Waals surface area contributed by atoms with Gasteiger partial charge in [-0.1, -0.05) is 27.5 Å². The van der Waals surface area contributed by atoms with Gasteiger partial charge in [-0.05, 0) is 50.1 Å². The molecule has 5 heteroatoms. The number of hydrogen-bond donors (Lipinski definition) is 0. The Hall–Kier alpha value is -0.190. The first-order valence-electron chi connectivity index (χ1n) is 6.90. The van der Waals surface area contributed by atoms with Crippen LogP contribution in [-0.2, 0) is 0 Å². The number of halogens is 2. The Balaban J connectivity index is 1.87. The summed E-state index contributed by atoms with van der Waals surface area (Å²) >= 11 is 11.6. The SMILES string of the molecule is CSC1CC2CCC(C1)N2C(=O)c1cc(Br)ccc1Cl. The minimum atomic E-state index is 0.100. The fraction of sp³-hybridized carbons (Fsp3) is 0.533. The van der Waals surface area contributed by atoms with E-state index < -0.39 is 0 Å². The van der Waals surface area contributed by atoms with Crippen molar-refractivity contribution in [3.8, 4) is 0 Å². The summed E-state index contributed by atoms with van der Waals surface area (Å²) in [6.45, 7) is 0. The summed E-state index contributed by atoms with van der Waals surface area (Å²) in [6.07, 6.45) is 6.69. The van der Waals surface area contributed by atoms with Gasteiger partial charge in [0.05, 0.1) is 10.6 Å². The zero-order chi connectivity index (χ0) is 14.3. The highest BCUT2D eigenvalue weighted by molar-refractivity contribution is 9.10. The molecule has 0 aliphatic carbocycles. The summed E-state index contributed by atoms with van der Waals surface area (Å²) in [5.41, 5.74) is 0.626. The zero-order valence-electron chi connectivity index (χ0n) is 11.3. The van der Waals surface area contributed by atoms with Gasteiger partial charge < -0.3 is 4.90 Å². The van der Waals surface area contributed by atoms with Crippen LogP contribution in [0.1, 0.15) is 36.0 Å². The summed E-state index contributed by atoms with van der Waals surface area (Å²) in [7, 11) is 0. The summed E-state index contributed by atoms with van der Waals surface area (Å²) in [6, 6.07) is 6.29. The molecule has 20 heavy (non-hydrogen) atoms. The van der Waals surface area contributed by atoms with Gasteiger partial charge in [0.1, 0.15) is 0 Å². The molecule has 2 nitrogen and oxygen atoms in total. The standard InChI is InChI=1S/C15H17BrClNOS/c1-20-12-7-10-3-4-11(8-12)18(10)15(19)13-6-9(16)2-5-14(13)17/h2,5-6,10-12H,3-4,7-8H2,1H3. The van der Waals surface area contributed by atoms with E-state index in [4.69, 9.17) is 11.6 Å². The lowest BCUT2D eigenvalue weighted by Gasteiger charge is -2.38. The van der Waals surface area contributed by atoms with Crippen LogP contribution in [0.5, 0.6) is 0 Å². The Morgan fingerprint density at radius 3 is 2.60 bits per heavy atom. The largest absolute Gasteiger partial charge is 0.333 e. The van der Waals surface area contributed by atoms with Crippen LogP contribution in [0, 0.1) is 0 Å². The molecule has 2 aliphatic heterocycles. The van der Waals surface area contributed by atoms with Crippen molar-refractivity contribution in [2.24, 2.45) is 0 Å². The molecule has 0 radical (unpaired) electrons. The van der Waals surface area contributed by atoms with Crippen molar-refractivity contribution in [3.63, 3.8) is 0 Å². The van der Waals surface area contributed by atoms with Crippen LogP contribution in [0.15, 0.2) is 22.7 Å². The first-order chi connectivity index (χ1) is 9.60. The maximum absolute atomic E-state index is 12.8. The fourth-order valence-electron chi connectivity index (χ4n) is 3.45. The molecule has 1 aromatic rings. The Morgan fingerprint density at radius 1 is 1.35 bits per heavy atom. The number of benzene rings is 1. The zero-order valence-corrected chi connectivity index (χ0v) is 14.5. The second-order valence-corrected chi connectivity index (χ2v) is 8.01. The molecule has 0 spiro atoms. The van der Waals surface area contributed by atoms with E-state index in [0.29, 0.717) is 27.9 Å². The molecule has 3 rings (SSSR count). The fourth-order valence-corrected chi connectivity index (χ4v) is 4.84. The molecule has 2 saturated heterocycles. The van der Waals surface area contributed by atoms with Crippen LogP contribution in [0.25, 0.3) is 0 Å². The van der Waals surface area contributed by atoms with Gasteiger partial charge in [0.2, 0.25) is 0 Å². The minimum absolute atomic E-state index is 0.100. The van der Waals surface area contributed by atoms with E-state index in [1.165, 1.54) is 0 Å². The van der Waals surface area contributed by atoms with Crippen molar-refractivity contribution in [1.82, 2.24) is 4.90 Å². The molecule has 0 aromatic heterocycles. The van der Waals surface area contributed by atoms with Crippen molar-refractivity contribution in [2.45, 2.75) is 43.0 Å². The van der Waals surface area contributed by atoms with Crippen molar-refractivity contribution < 1.29 is 4.79 Å². The lowest BCUT2D eigenvalue weighted by molar-refractivity contribution is 0.0602. The molecular formula is C15H17BrClNOS. The number of nitrogens with zero attached hydrogens (tertiary/aromatic N) is 1. The van der Waals surface area contributed by atoms with Gasteiger partial charge >= 0.3 is 0 Å². The smallest absolute Gasteiger partial charge is 0.255 e. The second kappa shape index (κ2) is 5.90. The van der Waals surface area contributed by atoms with Crippen LogP contribution >= 0.6 is 39.3 Å².